The lowest BCUT2D eigenvalue weighted by atomic mass is 9.81. The second-order valence-electron chi connectivity index (χ2n) is 7.99. The summed E-state index contributed by atoms with van der Waals surface area (Å²) in [4.78, 5) is 16.4. The molecule has 0 unspecified atom stereocenters. The zero-order chi connectivity index (χ0) is 19.5. The van der Waals surface area contributed by atoms with Gasteiger partial charge in [-0.25, -0.2) is 9.18 Å². The number of rotatable bonds is 6. The molecule has 2 aromatic carbocycles. The number of aromatic amines is 1. The van der Waals surface area contributed by atoms with Gasteiger partial charge in [0, 0.05) is 6.04 Å². The van der Waals surface area contributed by atoms with Crippen LogP contribution in [0, 0.1) is 5.82 Å². The number of nitrogens with one attached hydrogen (secondary N) is 1. The van der Waals surface area contributed by atoms with E-state index in [0.717, 1.165) is 24.9 Å². The summed E-state index contributed by atoms with van der Waals surface area (Å²) in [5, 5.41) is 0. The number of benzene rings is 2. The number of H-pyrrole nitrogens is 1. The molecule has 5 heteroatoms. The van der Waals surface area contributed by atoms with E-state index in [1.54, 1.807) is 12.1 Å². The summed E-state index contributed by atoms with van der Waals surface area (Å²) in [5.41, 5.74) is 3.86. The van der Waals surface area contributed by atoms with Gasteiger partial charge in [-0.3, -0.25) is 4.98 Å². The molecule has 28 heavy (non-hydrogen) atoms. The highest BCUT2D eigenvalue weighted by atomic mass is 19.1. The molecule has 1 heterocycles. The quantitative estimate of drug-likeness (QED) is 0.663. The molecule has 0 atom stereocenters. The summed E-state index contributed by atoms with van der Waals surface area (Å²) in [7, 11) is 2.22. The first-order valence-electron chi connectivity index (χ1n) is 10.2. The first-order chi connectivity index (χ1) is 13.6. The Morgan fingerprint density at radius 1 is 1.11 bits per heavy atom. The predicted octanol–water partition coefficient (Wildman–Crippen LogP) is 4.85. The van der Waals surface area contributed by atoms with Crippen LogP contribution in [0.25, 0.3) is 11.1 Å². The van der Waals surface area contributed by atoms with Gasteiger partial charge in [-0.2, -0.15) is 0 Å². The van der Waals surface area contributed by atoms with Gasteiger partial charge < -0.3 is 9.32 Å². The van der Waals surface area contributed by atoms with Crippen LogP contribution in [0.2, 0.25) is 0 Å². The summed E-state index contributed by atoms with van der Waals surface area (Å²) < 4.78 is 18.3. The summed E-state index contributed by atoms with van der Waals surface area (Å²) in [6, 6.07) is 13.6. The molecule has 1 aromatic heterocycles. The van der Waals surface area contributed by atoms with Crippen molar-refractivity contribution in [2.24, 2.45) is 0 Å². The number of aryl methyl sites for hydroxylation is 1. The van der Waals surface area contributed by atoms with E-state index >= 15 is 0 Å². The molecule has 1 N–H and O–H groups in total. The monoisotopic (exact) mass is 382 g/mol. The normalized spacial score (nSPS) is 20.1. The highest BCUT2D eigenvalue weighted by molar-refractivity contribution is 5.72. The largest absolute Gasteiger partial charge is 0.417 e. The van der Waals surface area contributed by atoms with Gasteiger partial charge in [0.25, 0.3) is 0 Å². The molecule has 0 aliphatic heterocycles. The molecule has 1 fully saturated rings. The van der Waals surface area contributed by atoms with Crippen molar-refractivity contribution in [1.29, 1.82) is 0 Å². The molecule has 0 bridgehead atoms. The Labute approximate surface area is 164 Å². The van der Waals surface area contributed by atoms with Crippen molar-refractivity contribution < 1.29 is 8.81 Å². The Hall–Kier alpha value is -2.40. The molecular weight excluding hydrogens is 355 g/mol. The summed E-state index contributed by atoms with van der Waals surface area (Å²) in [6.07, 6.45) is 6.78. The predicted molar refractivity (Wildman–Crippen MR) is 109 cm³/mol. The van der Waals surface area contributed by atoms with Gasteiger partial charge in [-0.15, -0.1) is 0 Å². The van der Waals surface area contributed by atoms with Gasteiger partial charge >= 0.3 is 5.76 Å². The molecule has 0 spiro atoms. The second kappa shape index (κ2) is 8.31. The smallest absolute Gasteiger partial charge is 0.408 e. The first kappa shape index (κ1) is 18.9. The van der Waals surface area contributed by atoms with Crippen LogP contribution >= 0.6 is 0 Å². The topological polar surface area (TPSA) is 49.2 Å². The number of hydrogen-bond donors (Lipinski definition) is 1. The Balaban J connectivity index is 1.24. The maximum absolute atomic E-state index is 13.1. The minimum atomic E-state index is -0.400. The van der Waals surface area contributed by atoms with Crippen LogP contribution in [0.1, 0.15) is 49.1 Å². The van der Waals surface area contributed by atoms with E-state index in [4.69, 9.17) is 4.42 Å². The van der Waals surface area contributed by atoms with Crippen LogP contribution in [0.5, 0.6) is 0 Å². The molecule has 1 aliphatic carbocycles. The third-order valence-electron chi connectivity index (χ3n) is 6.12. The van der Waals surface area contributed by atoms with Crippen LogP contribution in [0.3, 0.4) is 0 Å². The number of nitrogens with zero attached hydrogens (tertiary/aromatic N) is 1. The third kappa shape index (κ3) is 4.36. The van der Waals surface area contributed by atoms with E-state index in [2.05, 4.69) is 23.0 Å². The van der Waals surface area contributed by atoms with E-state index < -0.39 is 5.76 Å². The van der Waals surface area contributed by atoms with Crippen LogP contribution < -0.4 is 5.76 Å². The SMILES string of the molecule is CN(CCCc1ccc2[nH]c(=O)oc2c1)C1CCC(c2ccc(F)cc2)CC1. The van der Waals surface area contributed by atoms with Gasteiger partial charge in [0.2, 0.25) is 0 Å². The Bertz CT molecular complexity index is 968. The maximum atomic E-state index is 13.1. The Morgan fingerprint density at radius 3 is 2.61 bits per heavy atom. The zero-order valence-electron chi connectivity index (χ0n) is 16.3. The lowest BCUT2D eigenvalue weighted by Gasteiger charge is -2.35. The Morgan fingerprint density at radius 2 is 1.86 bits per heavy atom. The van der Waals surface area contributed by atoms with Crippen molar-refractivity contribution in [2.75, 3.05) is 13.6 Å². The standard InChI is InChI=1S/C23H27FN2O2/c1-26(14-2-3-16-4-13-21-22(15-16)28-23(27)25-21)20-11-7-18(8-12-20)17-5-9-19(24)10-6-17/h4-6,9-10,13,15,18,20H,2-3,7-8,11-12,14H2,1H3,(H,25,27). The van der Waals surface area contributed by atoms with Crippen LogP contribution in [0.15, 0.2) is 51.7 Å². The average Bonchev–Trinajstić information content (AvgIpc) is 3.08. The van der Waals surface area contributed by atoms with Crippen molar-refractivity contribution in [2.45, 2.75) is 50.5 Å². The number of aromatic nitrogens is 1. The zero-order valence-corrected chi connectivity index (χ0v) is 16.3. The molecule has 0 saturated heterocycles. The Kier molecular flexibility index (Phi) is 5.62. The highest BCUT2D eigenvalue weighted by Gasteiger charge is 2.24. The lowest BCUT2D eigenvalue weighted by molar-refractivity contribution is 0.181. The minimum Gasteiger partial charge on any atom is -0.408 e. The summed E-state index contributed by atoms with van der Waals surface area (Å²) in [6.45, 7) is 1.06. The van der Waals surface area contributed by atoms with Crippen molar-refractivity contribution in [3.63, 3.8) is 0 Å². The fourth-order valence-electron chi connectivity index (χ4n) is 4.45. The summed E-state index contributed by atoms with van der Waals surface area (Å²) >= 11 is 0. The fourth-order valence-corrected chi connectivity index (χ4v) is 4.45. The molecule has 0 radical (unpaired) electrons. The van der Waals surface area contributed by atoms with E-state index in [9.17, 15) is 9.18 Å². The molecule has 4 nitrogen and oxygen atoms in total. The number of halogens is 1. The van der Waals surface area contributed by atoms with E-state index in [1.807, 2.05) is 24.3 Å². The highest BCUT2D eigenvalue weighted by Crippen LogP contribution is 2.34. The minimum absolute atomic E-state index is 0.157. The van der Waals surface area contributed by atoms with Gasteiger partial charge in [0.05, 0.1) is 5.52 Å². The lowest BCUT2D eigenvalue weighted by Crippen LogP contribution is -2.35. The van der Waals surface area contributed by atoms with Gasteiger partial charge in [-0.1, -0.05) is 18.2 Å². The van der Waals surface area contributed by atoms with E-state index in [1.165, 1.54) is 36.8 Å². The average molecular weight is 382 g/mol. The number of hydrogen-bond acceptors (Lipinski definition) is 3. The van der Waals surface area contributed by atoms with Gasteiger partial charge in [0.1, 0.15) is 5.82 Å². The van der Waals surface area contributed by atoms with Crippen LogP contribution in [-0.4, -0.2) is 29.5 Å². The van der Waals surface area contributed by atoms with Gasteiger partial charge in [0.15, 0.2) is 5.58 Å². The van der Waals surface area contributed by atoms with Crippen molar-refractivity contribution >= 4 is 11.1 Å². The van der Waals surface area contributed by atoms with E-state index in [0.29, 0.717) is 17.5 Å². The molecule has 1 aliphatic rings. The van der Waals surface area contributed by atoms with E-state index in [-0.39, 0.29) is 5.82 Å². The molecule has 3 aromatic rings. The second-order valence-corrected chi connectivity index (χ2v) is 7.99. The van der Waals surface area contributed by atoms with Crippen molar-refractivity contribution in [1.82, 2.24) is 9.88 Å². The molecule has 148 valence electrons. The first-order valence-corrected chi connectivity index (χ1v) is 10.2. The van der Waals surface area contributed by atoms with Crippen LogP contribution in [0.4, 0.5) is 4.39 Å². The van der Waals surface area contributed by atoms with Crippen molar-refractivity contribution in [3.8, 4) is 0 Å². The summed E-state index contributed by atoms with van der Waals surface area (Å²) in [5.74, 6) is 0.00562. The molecular formula is C23H27FN2O2. The molecule has 4 rings (SSSR count). The van der Waals surface area contributed by atoms with Crippen molar-refractivity contribution in [3.05, 3.63) is 70.0 Å². The number of fused-ring (bicyclic) bond motifs is 1. The maximum Gasteiger partial charge on any atom is 0.417 e. The van der Waals surface area contributed by atoms with Crippen LogP contribution in [-0.2, 0) is 6.42 Å². The molecule has 0 amide bonds. The number of oxazole rings is 1. The fraction of sp³-hybridized carbons (Fsp3) is 0.435. The molecule has 1 saturated carbocycles. The van der Waals surface area contributed by atoms with Gasteiger partial charge in [-0.05, 0) is 93.4 Å². The third-order valence-corrected chi connectivity index (χ3v) is 6.12.